The number of benzene rings is 2. The maximum absolute atomic E-state index is 12.4. The van der Waals surface area contributed by atoms with E-state index in [-0.39, 0.29) is 18.2 Å². The van der Waals surface area contributed by atoms with Crippen LogP contribution in [0.15, 0.2) is 48.5 Å². The number of hydrogen-bond donors (Lipinski definition) is 2. The van der Waals surface area contributed by atoms with Crippen molar-refractivity contribution in [1.29, 1.82) is 0 Å². The quantitative estimate of drug-likeness (QED) is 0.758. The molecule has 0 radical (unpaired) electrons. The molecule has 6 heteroatoms. The first kappa shape index (κ1) is 19.3. The summed E-state index contributed by atoms with van der Waals surface area (Å²) in [5.41, 5.74) is 1.44. The second-order valence-corrected chi connectivity index (χ2v) is 5.99. The molecule has 2 rings (SSSR count). The minimum Gasteiger partial charge on any atom is -0.497 e. The normalized spacial score (nSPS) is 12.7. The minimum atomic E-state index is -1.11. The second kappa shape index (κ2) is 8.89. The van der Waals surface area contributed by atoms with Crippen LogP contribution in [-0.2, 0) is 9.59 Å². The number of aliphatic carboxylic acids is 1. The highest BCUT2D eigenvalue weighted by Crippen LogP contribution is 2.24. The molecule has 6 nitrogen and oxygen atoms in total. The molecule has 0 spiro atoms. The van der Waals surface area contributed by atoms with Gasteiger partial charge in [0.25, 0.3) is 0 Å². The van der Waals surface area contributed by atoms with E-state index in [1.807, 2.05) is 31.2 Å². The van der Waals surface area contributed by atoms with Gasteiger partial charge >= 0.3 is 5.97 Å². The summed E-state index contributed by atoms with van der Waals surface area (Å²) in [6.45, 7) is 1.91. The lowest BCUT2D eigenvalue weighted by Crippen LogP contribution is -2.34. The van der Waals surface area contributed by atoms with Gasteiger partial charge < -0.3 is 19.9 Å². The van der Waals surface area contributed by atoms with Crippen LogP contribution in [0.2, 0.25) is 0 Å². The van der Waals surface area contributed by atoms with Crippen molar-refractivity contribution in [2.24, 2.45) is 0 Å². The van der Waals surface area contributed by atoms with Crippen LogP contribution < -0.4 is 14.8 Å². The van der Waals surface area contributed by atoms with Crippen LogP contribution in [0, 0.1) is 0 Å². The Labute approximate surface area is 152 Å². The van der Waals surface area contributed by atoms with Crippen molar-refractivity contribution in [3.63, 3.8) is 0 Å². The van der Waals surface area contributed by atoms with Gasteiger partial charge in [0.1, 0.15) is 11.5 Å². The molecule has 138 valence electrons. The number of ether oxygens (including phenoxy) is 2. The molecular formula is C20H23NO5. The standard InChI is InChI=1S/C20H23NO5/c1-13(15-5-4-6-17(12-15)26-3)11-18(22)21-19(20(23)24)14-7-9-16(25-2)10-8-14/h4-10,12-13,19H,11H2,1-3H3,(H,21,22)(H,23,24). The predicted molar refractivity (Wildman–Crippen MR) is 97.5 cm³/mol. The van der Waals surface area contributed by atoms with Crippen molar-refractivity contribution in [3.8, 4) is 11.5 Å². The fourth-order valence-corrected chi connectivity index (χ4v) is 2.65. The van der Waals surface area contributed by atoms with Gasteiger partial charge in [-0.3, -0.25) is 4.79 Å². The molecule has 0 aliphatic heterocycles. The highest BCUT2D eigenvalue weighted by Gasteiger charge is 2.23. The highest BCUT2D eigenvalue weighted by molar-refractivity contribution is 5.85. The van der Waals surface area contributed by atoms with Crippen molar-refractivity contribution >= 4 is 11.9 Å². The van der Waals surface area contributed by atoms with Crippen molar-refractivity contribution in [2.45, 2.75) is 25.3 Å². The van der Waals surface area contributed by atoms with E-state index >= 15 is 0 Å². The van der Waals surface area contributed by atoms with E-state index in [4.69, 9.17) is 9.47 Å². The summed E-state index contributed by atoms with van der Waals surface area (Å²) in [4.78, 5) is 23.9. The van der Waals surface area contributed by atoms with Gasteiger partial charge in [-0.2, -0.15) is 0 Å². The van der Waals surface area contributed by atoms with E-state index in [0.717, 1.165) is 11.3 Å². The SMILES string of the molecule is COc1ccc(C(NC(=O)CC(C)c2cccc(OC)c2)C(=O)O)cc1. The van der Waals surface area contributed by atoms with Crippen molar-refractivity contribution in [2.75, 3.05) is 14.2 Å². The van der Waals surface area contributed by atoms with Crippen LogP contribution in [-0.4, -0.2) is 31.2 Å². The first-order chi connectivity index (χ1) is 12.4. The van der Waals surface area contributed by atoms with Crippen molar-refractivity contribution < 1.29 is 24.2 Å². The largest absolute Gasteiger partial charge is 0.497 e. The first-order valence-electron chi connectivity index (χ1n) is 8.24. The fourth-order valence-electron chi connectivity index (χ4n) is 2.65. The molecule has 0 fully saturated rings. The molecule has 2 unspecified atom stereocenters. The molecule has 0 aliphatic rings. The van der Waals surface area contributed by atoms with Crippen molar-refractivity contribution in [1.82, 2.24) is 5.32 Å². The van der Waals surface area contributed by atoms with Gasteiger partial charge in [-0.1, -0.05) is 31.2 Å². The van der Waals surface area contributed by atoms with Gasteiger partial charge in [-0.05, 0) is 41.3 Å². The number of hydrogen-bond acceptors (Lipinski definition) is 4. The van der Waals surface area contributed by atoms with Crippen LogP contribution >= 0.6 is 0 Å². The summed E-state index contributed by atoms with van der Waals surface area (Å²) in [5.74, 6) is -0.177. The van der Waals surface area contributed by atoms with E-state index in [2.05, 4.69) is 5.32 Å². The molecule has 0 bridgehead atoms. The molecular weight excluding hydrogens is 334 g/mol. The third-order valence-electron chi connectivity index (χ3n) is 4.16. The molecule has 0 saturated carbocycles. The summed E-state index contributed by atoms with van der Waals surface area (Å²) < 4.78 is 10.3. The summed E-state index contributed by atoms with van der Waals surface area (Å²) >= 11 is 0. The van der Waals surface area contributed by atoms with Gasteiger partial charge in [0.05, 0.1) is 14.2 Å². The lowest BCUT2D eigenvalue weighted by molar-refractivity contribution is -0.142. The maximum atomic E-state index is 12.4. The second-order valence-electron chi connectivity index (χ2n) is 5.99. The Morgan fingerprint density at radius 3 is 2.23 bits per heavy atom. The summed E-state index contributed by atoms with van der Waals surface area (Å²) in [6.07, 6.45) is 0.174. The van der Waals surface area contributed by atoms with Gasteiger partial charge in [0.2, 0.25) is 5.91 Å². The number of carbonyl (C=O) groups is 2. The van der Waals surface area contributed by atoms with E-state index in [0.29, 0.717) is 11.3 Å². The Hall–Kier alpha value is -3.02. The molecule has 2 atom stereocenters. The lowest BCUT2D eigenvalue weighted by atomic mass is 9.96. The van der Waals surface area contributed by atoms with E-state index in [1.54, 1.807) is 31.4 Å². The molecule has 2 N–H and O–H groups in total. The zero-order valence-corrected chi connectivity index (χ0v) is 15.1. The van der Waals surface area contributed by atoms with Crippen LogP contribution in [0.1, 0.15) is 36.4 Å². The van der Waals surface area contributed by atoms with Crippen molar-refractivity contribution in [3.05, 3.63) is 59.7 Å². The van der Waals surface area contributed by atoms with Crippen LogP contribution in [0.25, 0.3) is 0 Å². The van der Waals surface area contributed by atoms with E-state index in [1.165, 1.54) is 7.11 Å². The number of carboxylic acid groups (broad SMARTS) is 1. The fraction of sp³-hybridized carbons (Fsp3) is 0.300. The van der Waals surface area contributed by atoms with Gasteiger partial charge in [-0.25, -0.2) is 4.79 Å². The Kier molecular flexibility index (Phi) is 6.60. The smallest absolute Gasteiger partial charge is 0.330 e. The first-order valence-corrected chi connectivity index (χ1v) is 8.24. The Morgan fingerprint density at radius 1 is 1.00 bits per heavy atom. The zero-order valence-electron chi connectivity index (χ0n) is 15.1. The third kappa shape index (κ3) is 4.99. The van der Waals surface area contributed by atoms with Crippen LogP contribution in [0.5, 0.6) is 11.5 Å². The molecule has 0 aromatic heterocycles. The van der Waals surface area contributed by atoms with Gasteiger partial charge in [-0.15, -0.1) is 0 Å². The van der Waals surface area contributed by atoms with Gasteiger partial charge in [0, 0.05) is 6.42 Å². The number of nitrogens with one attached hydrogen (secondary N) is 1. The van der Waals surface area contributed by atoms with Crippen LogP contribution in [0.3, 0.4) is 0 Å². The lowest BCUT2D eigenvalue weighted by Gasteiger charge is -2.18. The zero-order chi connectivity index (χ0) is 19.1. The summed E-state index contributed by atoms with van der Waals surface area (Å²) in [5, 5.41) is 12.0. The summed E-state index contributed by atoms with van der Waals surface area (Å²) in [7, 11) is 3.12. The monoisotopic (exact) mass is 357 g/mol. The number of carbonyl (C=O) groups excluding carboxylic acids is 1. The molecule has 1 amide bonds. The Bertz CT molecular complexity index is 757. The molecule has 0 aliphatic carbocycles. The number of carboxylic acids is 1. The highest BCUT2D eigenvalue weighted by atomic mass is 16.5. The number of methoxy groups -OCH3 is 2. The van der Waals surface area contributed by atoms with Gasteiger partial charge in [0.15, 0.2) is 6.04 Å². The molecule has 0 saturated heterocycles. The third-order valence-corrected chi connectivity index (χ3v) is 4.16. The molecule has 2 aromatic carbocycles. The predicted octanol–water partition coefficient (Wildman–Crippen LogP) is 3.14. The average Bonchev–Trinajstić information content (AvgIpc) is 2.66. The van der Waals surface area contributed by atoms with Crippen LogP contribution in [0.4, 0.5) is 0 Å². The Morgan fingerprint density at radius 2 is 1.65 bits per heavy atom. The minimum absolute atomic E-state index is 0.0737. The number of amides is 1. The van der Waals surface area contributed by atoms with E-state index in [9.17, 15) is 14.7 Å². The Balaban J connectivity index is 2.05. The number of rotatable bonds is 8. The summed E-state index contributed by atoms with van der Waals surface area (Å²) in [6, 6.07) is 13.0. The van der Waals surface area contributed by atoms with E-state index < -0.39 is 12.0 Å². The molecule has 2 aromatic rings. The molecule has 26 heavy (non-hydrogen) atoms. The molecule has 0 heterocycles. The maximum Gasteiger partial charge on any atom is 0.330 e. The average molecular weight is 357 g/mol. The topological polar surface area (TPSA) is 84.9 Å².